The average Bonchev–Trinajstić information content (AvgIpc) is 2.92. The molecule has 5 heteroatoms. The molecule has 2 unspecified atom stereocenters. The molecule has 0 aromatic rings. The molecule has 0 aliphatic carbocycles. The van der Waals surface area contributed by atoms with Crippen molar-refractivity contribution in [2.24, 2.45) is 5.92 Å². The lowest BCUT2D eigenvalue weighted by atomic mass is 9.98. The second-order valence-corrected chi connectivity index (χ2v) is 5.12. The minimum absolute atomic E-state index is 0.0326. The number of Topliss-reactive ketones (excluding diaryl/α,β-unsaturated/α-hetero) is 1. The van der Waals surface area contributed by atoms with E-state index >= 15 is 0 Å². The first-order valence-electron chi connectivity index (χ1n) is 6.78. The molecule has 0 bridgehead atoms. The topological polar surface area (TPSA) is 58.6 Å². The third kappa shape index (κ3) is 3.09. The summed E-state index contributed by atoms with van der Waals surface area (Å²) in [5.74, 6) is 0.297. The largest absolute Gasteiger partial charge is 0.381 e. The molecule has 2 atom stereocenters. The van der Waals surface area contributed by atoms with E-state index in [2.05, 4.69) is 5.32 Å². The Bertz CT molecular complexity index is 313. The van der Waals surface area contributed by atoms with Gasteiger partial charge in [0.05, 0.1) is 19.2 Å². The Labute approximate surface area is 108 Å². The maximum Gasteiger partial charge on any atom is 0.237 e. The number of hydrogen-bond donors (Lipinski definition) is 1. The fourth-order valence-corrected chi connectivity index (χ4v) is 2.76. The Balaban J connectivity index is 1.92. The van der Waals surface area contributed by atoms with Gasteiger partial charge in [-0.05, 0) is 25.8 Å². The highest BCUT2D eigenvalue weighted by atomic mass is 16.5. The van der Waals surface area contributed by atoms with Gasteiger partial charge in [0, 0.05) is 19.6 Å². The van der Waals surface area contributed by atoms with Crippen molar-refractivity contribution in [3.63, 3.8) is 0 Å². The first-order chi connectivity index (χ1) is 8.72. The van der Waals surface area contributed by atoms with Crippen LogP contribution in [0.1, 0.15) is 25.7 Å². The predicted molar refractivity (Wildman–Crippen MR) is 67.2 cm³/mol. The van der Waals surface area contributed by atoms with Crippen molar-refractivity contribution in [1.82, 2.24) is 10.2 Å². The predicted octanol–water partition coefficient (Wildman–Crippen LogP) is 0.192. The number of piperidine rings is 1. The van der Waals surface area contributed by atoms with Crippen molar-refractivity contribution in [1.29, 1.82) is 0 Å². The maximum atomic E-state index is 12.1. The van der Waals surface area contributed by atoms with Gasteiger partial charge in [-0.1, -0.05) is 6.42 Å². The van der Waals surface area contributed by atoms with Crippen LogP contribution in [0.25, 0.3) is 0 Å². The molecule has 1 N–H and O–H groups in total. The Morgan fingerprint density at radius 3 is 2.83 bits per heavy atom. The fourth-order valence-electron chi connectivity index (χ4n) is 2.76. The molecule has 0 aromatic carbocycles. The summed E-state index contributed by atoms with van der Waals surface area (Å²) in [6.45, 7) is 2.48. The van der Waals surface area contributed by atoms with E-state index in [1.165, 1.54) is 0 Å². The summed E-state index contributed by atoms with van der Waals surface area (Å²) in [4.78, 5) is 25.9. The van der Waals surface area contributed by atoms with Gasteiger partial charge in [0.25, 0.3) is 0 Å². The van der Waals surface area contributed by atoms with Gasteiger partial charge in [-0.3, -0.25) is 14.5 Å². The molecular weight excluding hydrogens is 232 g/mol. The Kier molecular flexibility index (Phi) is 4.72. The number of carbonyl (C=O) groups excluding carboxylic acids is 2. The van der Waals surface area contributed by atoms with Crippen LogP contribution < -0.4 is 5.32 Å². The normalized spacial score (nSPS) is 29.2. The van der Waals surface area contributed by atoms with Gasteiger partial charge in [0.2, 0.25) is 5.91 Å². The number of nitrogens with one attached hydrogen (secondary N) is 1. The zero-order chi connectivity index (χ0) is 13.0. The number of nitrogens with zero attached hydrogens (tertiary/aromatic N) is 1. The lowest BCUT2D eigenvalue weighted by molar-refractivity contribution is -0.130. The molecule has 0 aromatic heterocycles. The van der Waals surface area contributed by atoms with Crippen molar-refractivity contribution in [3.05, 3.63) is 0 Å². The van der Waals surface area contributed by atoms with Gasteiger partial charge in [-0.15, -0.1) is 0 Å². The number of ether oxygens (including phenoxy) is 1. The number of likely N-dealkylation sites (N-methyl/N-ethyl adjacent to an activating group) is 1. The molecule has 1 amide bonds. The lowest BCUT2D eigenvalue weighted by Crippen LogP contribution is -2.51. The van der Waals surface area contributed by atoms with Crippen molar-refractivity contribution in [3.8, 4) is 0 Å². The summed E-state index contributed by atoms with van der Waals surface area (Å²) in [7, 11) is 1.65. The van der Waals surface area contributed by atoms with Crippen LogP contribution in [0.3, 0.4) is 0 Å². The van der Waals surface area contributed by atoms with E-state index in [9.17, 15) is 9.59 Å². The molecule has 2 saturated heterocycles. The van der Waals surface area contributed by atoms with E-state index in [4.69, 9.17) is 4.74 Å². The first kappa shape index (κ1) is 13.5. The number of hydrogen-bond acceptors (Lipinski definition) is 4. The molecule has 2 aliphatic rings. The number of amides is 1. The van der Waals surface area contributed by atoms with E-state index in [1.807, 2.05) is 4.90 Å². The molecule has 0 saturated carbocycles. The fraction of sp³-hybridized carbons (Fsp3) is 0.846. The van der Waals surface area contributed by atoms with E-state index < -0.39 is 0 Å². The molecule has 2 rings (SSSR count). The monoisotopic (exact) mass is 254 g/mol. The van der Waals surface area contributed by atoms with Crippen LogP contribution in [0.5, 0.6) is 0 Å². The Hall–Kier alpha value is -0.940. The van der Waals surface area contributed by atoms with Crippen LogP contribution in [0.2, 0.25) is 0 Å². The second-order valence-electron chi connectivity index (χ2n) is 5.12. The van der Waals surface area contributed by atoms with Crippen molar-refractivity contribution < 1.29 is 14.3 Å². The van der Waals surface area contributed by atoms with Crippen molar-refractivity contribution in [2.75, 3.05) is 33.4 Å². The highest BCUT2D eigenvalue weighted by Crippen LogP contribution is 2.19. The summed E-state index contributed by atoms with van der Waals surface area (Å²) in [5, 5.41) is 2.69. The standard InChI is InChI=1S/C13H22N2O3/c1-14-13(17)11-4-2-3-6-15(11)8-12(16)10-5-7-18-9-10/h10-11H,2-9H2,1H3,(H,14,17). The van der Waals surface area contributed by atoms with E-state index in [-0.39, 0.29) is 23.7 Å². The third-order valence-corrected chi connectivity index (χ3v) is 3.91. The first-order valence-corrected chi connectivity index (χ1v) is 6.78. The summed E-state index contributed by atoms with van der Waals surface area (Å²) < 4.78 is 5.24. The van der Waals surface area contributed by atoms with Crippen LogP contribution in [0.4, 0.5) is 0 Å². The van der Waals surface area contributed by atoms with Crippen LogP contribution >= 0.6 is 0 Å². The minimum atomic E-state index is -0.130. The van der Waals surface area contributed by atoms with Gasteiger partial charge < -0.3 is 10.1 Å². The van der Waals surface area contributed by atoms with Gasteiger partial charge in [0.15, 0.2) is 5.78 Å². The molecule has 5 nitrogen and oxygen atoms in total. The van der Waals surface area contributed by atoms with Crippen molar-refractivity contribution in [2.45, 2.75) is 31.7 Å². The Morgan fingerprint density at radius 1 is 1.33 bits per heavy atom. The van der Waals surface area contributed by atoms with E-state index in [0.29, 0.717) is 19.8 Å². The van der Waals surface area contributed by atoms with Crippen LogP contribution in [-0.2, 0) is 14.3 Å². The number of carbonyl (C=O) groups is 2. The van der Waals surface area contributed by atoms with Crippen LogP contribution in [0, 0.1) is 5.92 Å². The average molecular weight is 254 g/mol. The molecule has 18 heavy (non-hydrogen) atoms. The van der Waals surface area contributed by atoms with E-state index in [1.54, 1.807) is 7.05 Å². The molecular formula is C13H22N2O3. The molecule has 2 fully saturated rings. The molecule has 0 spiro atoms. The summed E-state index contributed by atoms with van der Waals surface area (Å²) in [6, 6.07) is -0.130. The Morgan fingerprint density at radius 2 is 2.17 bits per heavy atom. The smallest absolute Gasteiger partial charge is 0.237 e. The van der Waals surface area contributed by atoms with E-state index in [0.717, 1.165) is 32.2 Å². The molecule has 0 radical (unpaired) electrons. The van der Waals surface area contributed by atoms with Gasteiger partial charge in [-0.2, -0.15) is 0 Å². The minimum Gasteiger partial charge on any atom is -0.381 e. The number of likely N-dealkylation sites (tertiary alicyclic amines) is 1. The quantitative estimate of drug-likeness (QED) is 0.778. The molecule has 102 valence electrons. The van der Waals surface area contributed by atoms with Crippen molar-refractivity contribution >= 4 is 11.7 Å². The third-order valence-electron chi connectivity index (χ3n) is 3.91. The SMILES string of the molecule is CNC(=O)C1CCCCN1CC(=O)C1CCOC1. The molecule has 2 aliphatic heterocycles. The number of rotatable bonds is 4. The summed E-state index contributed by atoms with van der Waals surface area (Å²) in [6.07, 6.45) is 3.82. The molecule has 2 heterocycles. The van der Waals surface area contributed by atoms with Crippen LogP contribution in [0.15, 0.2) is 0 Å². The van der Waals surface area contributed by atoms with Gasteiger partial charge >= 0.3 is 0 Å². The highest BCUT2D eigenvalue weighted by Gasteiger charge is 2.32. The maximum absolute atomic E-state index is 12.1. The van der Waals surface area contributed by atoms with Gasteiger partial charge in [0.1, 0.15) is 0 Å². The number of ketones is 1. The highest BCUT2D eigenvalue weighted by molar-refractivity contribution is 5.85. The van der Waals surface area contributed by atoms with Crippen LogP contribution in [-0.4, -0.2) is 56.0 Å². The lowest BCUT2D eigenvalue weighted by Gasteiger charge is -2.34. The second kappa shape index (κ2) is 6.29. The summed E-state index contributed by atoms with van der Waals surface area (Å²) in [5.41, 5.74) is 0. The zero-order valence-electron chi connectivity index (χ0n) is 11.0. The summed E-state index contributed by atoms with van der Waals surface area (Å²) >= 11 is 0. The zero-order valence-corrected chi connectivity index (χ0v) is 11.0. The van der Waals surface area contributed by atoms with Gasteiger partial charge in [-0.25, -0.2) is 0 Å².